The first kappa shape index (κ1) is 18.2. The highest BCUT2D eigenvalue weighted by Crippen LogP contribution is 2.28. The van der Waals surface area contributed by atoms with Crippen molar-refractivity contribution in [2.24, 2.45) is 0 Å². The average Bonchev–Trinajstić information content (AvgIpc) is 3.00. The van der Waals surface area contributed by atoms with Gasteiger partial charge in [-0.2, -0.15) is 0 Å². The zero-order chi connectivity index (χ0) is 19.4. The highest BCUT2D eigenvalue weighted by molar-refractivity contribution is 5.97. The van der Waals surface area contributed by atoms with Crippen LogP contribution in [0.15, 0.2) is 23.0 Å². The van der Waals surface area contributed by atoms with Crippen molar-refractivity contribution in [2.45, 2.75) is 77.0 Å². The van der Waals surface area contributed by atoms with Gasteiger partial charge in [-0.3, -0.25) is 14.2 Å². The van der Waals surface area contributed by atoms with Crippen LogP contribution in [-0.4, -0.2) is 32.6 Å². The molecule has 0 bridgehead atoms. The standard InChI is InChI=1S/C21H28N4O2/c1-20(2)11-14(12-21(3,4)24-20)22-18(26)13-7-8-15-16(10-13)23-17-6-5-9-25(17)19(15)27/h7-8,10,14,24H,5-6,9,11-12H2,1-4H3,(H,22,26). The summed E-state index contributed by atoms with van der Waals surface area (Å²) in [5, 5.41) is 7.40. The van der Waals surface area contributed by atoms with E-state index in [9.17, 15) is 9.59 Å². The summed E-state index contributed by atoms with van der Waals surface area (Å²) in [6, 6.07) is 5.34. The van der Waals surface area contributed by atoms with E-state index in [0.717, 1.165) is 38.1 Å². The SMILES string of the molecule is CC1(C)CC(NC(=O)c2ccc3c(=O)n4c(nc3c2)CCC4)CC(C)(C)N1. The van der Waals surface area contributed by atoms with Crippen LogP contribution in [-0.2, 0) is 13.0 Å². The number of hydrogen-bond acceptors (Lipinski definition) is 4. The summed E-state index contributed by atoms with van der Waals surface area (Å²) in [6.45, 7) is 9.41. The molecule has 6 heteroatoms. The zero-order valence-electron chi connectivity index (χ0n) is 16.6. The first-order chi connectivity index (χ1) is 12.6. The molecule has 1 aromatic carbocycles. The third-order valence-electron chi connectivity index (χ3n) is 5.60. The number of amides is 1. The molecule has 2 aromatic rings. The van der Waals surface area contributed by atoms with Gasteiger partial charge in [0.2, 0.25) is 0 Å². The van der Waals surface area contributed by atoms with E-state index in [1.54, 1.807) is 22.8 Å². The Morgan fingerprint density at radius 1 is 1.22 bits per heavy atom. The first-order valence-electron chi connectivity index (χ1n) is 9.77. The van der Waals surface area contributed by atoms with Gasteiger partial charge in [0, 0.05) is 35.6 Å². The highest BCUT2D eigenvalue weighted by Gasteiger charge is 2.38. The molecule has 3 heterocycles. The molecule has 0 spiro atoms. The van der Waals surface area contributed by atoms with Crippen molar-refractivity contribution in [1.29, 1.82) is 0 Å². The summed E-state index contributed by atoms with van der Waals surface area (Å²) in [7, 11) is 0. The van der Waals surface area contributed by atoms with Crippen LogP contribution in [0.3, 0.4) is 0 Å². The van der Waals surface area contributed by atoms with E-state index >= 15 is 0 Å². The number of piperidine rings is 1. The van der Waals surface area contributed by atoms with Gasteiger partial charge >= 0.3 is 0 Å². The largest absolute Gasteiger partial charge is 0.349 e. The number of aryl methyl sites for hydroxylation is 1. The van der Waals surface area contributed by atoms with Crippen molar-refractivity contribution in [3.8, 4) is 0 Å². The Morgan fingerprint density at radius 2 is 1.93 bits per heavy atom. The lowest BCUT2D eigenvalue weighted by atomic mass is 9.79. The van der Waals surface area contributed by atoms with Crippen LogP contribution in [0, 0.1) is 0 Å². The zero-order valence-corrected chi connectivity index (χ0v) is 16.6. The Labute approximate surface area is 159 Å². The topological polar surface area (TPSA) is 76.0 Å². The van der Waals surface area contributed by atoms with Gasteiger partial charge in [-0.15, -0.1) is 0 Å². The minimum atomic E-state index is -0.0993. The molecule has 144 valence electrons. The van der Waals surface area contributed by atoms with Crippen molar-refractivity contribution in [1.82, 2.24) is 20.2 Å². The molecule has 1 amide bonds. The number of carbonyl (C=O) groups is 1. The van der Waals surface area contributed by atoms with E-state index in [1.165, 1.54) is 0 Å². The molecule has 0 aliphatic carbocycles. The van der Waals surface area contributed by atoms with Crippen molar-refractivity contribution >= 4 is 16.8 Å². The van der Waals surface area contributed by atoms with Crippen LogP contribution < -0.4 is 16.2 Å². The van der Waals surface area contributed by atoms with Gasteiger partial charge in [-0.05, 0) is 65.2 Å². The molecule has 0 unspecified atom stereocenters. The summed E-state index contributed by atoms with van der Waals surface area (Å²) >= 11 is 0. The first-order valence-corrected chi connectivity index (χ1v) is 9.77. The van der Waals surface area contributed by atoms with Gasteiger partial charge in [-0.25, -0.2) is 4.98 Å². The number of nitrogens with zero attached hydrogens (tertiary/aromatic N) is 2. The lowest BCUT2D eigenvalue weighted by Crippen LogP contribution is -2.62. The van der Waals surface area contributed by atoms with Gasteiger partial charge in [0.25, 0.3) is 11.5 Å². The second kappa shape index (κ2) is 6.16. The third kappa shape index (κ3) is 3.50. The fourth-order valence-electron chi connectivity index (χ4n) is 4.92. The molecule has 6 nitrogen and oxygen atoms in total. The fraction of sp³-hybridized carbons (Fsp3) is 0.571. The quantitative estimate of drug-likeness (QED) is 0.853. The third-order valence-corrected chi connectivity index (χ3v) is 5.60. The summed E-state index contributed by atoms with van der Waals surface area (Å²) in [4.78, 5) is 30.1. The number of nitrogens with one attached hydrogen (secondary N) is 2. The Morgan fingerprint density at radius 3 is 2.63 bits per heavy atom. The fourth-order valence-corrected chi connectivity index (χ4v) is 4.92. The van der Waals surface area contributed by atoms with Crippen LogP contribution in [0.25, 0.3) is 10.9 Å². The summed E-state index contributed by atoms with van der Waals surface area (Å²) < 4.78 is 1.75. The molecule has 2 N–H and O–H groups in total. The van der Waals surface area contributed by atoms with Crippen molar-refractivity contribution in [2.75, 3.05) is 0 Å². The number of carbonyl (C=O) groups excluding carboxylic acids is 1. The molecule has 1 aromatic heterocycles. The molecular weight excluding hydrogens is 340 g/mol. The van der Waals surface area contributed by atoms with Crippen LogP contribution in [0.2, 0.25) is 0 Å². The maximum atomic E-state index is 12.9. The lowest BCUT2D eigenvalue weighted by Gasteiger charge is -2.46. The van der Waals surface area contributed by atoms with Crippen LogP contribution in [0.1, 0.15) is 63.1 Å². The number of benzene rings is 1. The van der Waals surface area contributed by atoms with E-state index in [-0.39, 0.29) is 28.6 Å². The monoisotopic (exact) mass is 368 g/mol. The van der Waals surface area contributed by atoms with Crippen molar-refractivity contribution < 1.29 is 4.79 Å². The molecule has 27 heavy (non-hydrogen) atoms. The Hall–Kier alpha value is -2.21. The maximum absolute atomic E-state index is 12.9. The smallest absolute Gasteiger partial charge is 0.261 e. The normalized spacial score (nSPS) is 21.2. The van der Waals surface area contributed by atoms with Crippen molar-refractivity contribution in [3.05, 3.63) is 39.9 Å². The number of fused-ring (bicyclic) bond motifs is 2. The molecule has 0 saturated carbocycles. The summed E-state index contributed by atoms with van der Waals surface area (Å²) in [5.41, 5.74) is 1.12. The predicted octanol–water partition coefficient (Wildman–Crippen LogP) is 2.38. The van der Waals surface area contributed by atoms with Crippen LogP contribution in [0.5, 0.6) is 0 Å². The van der Waals surface area contributed by atoms with Gasteiger partial charge in [0.15, 0.2) is 0 Å². The summed E-state index contributed by atoms with van der Waals surface area (Å²) in [6.07, 6.45) is 3.53. The highest BCUT2D eigenvalue weighted by atomic mass is 16.1. The van der Waals surface area contributed by atoms with Gasteiger partial charge in [0.1, 0.15) is 5.82 Å². The predicted molar refractivity (Wildman–Crippen MR) is 106 cm³/mol. The number of rotatable bonds is 2. The number of aromatic nitrogens is 2. The van der Waals surface area contributed by atoms with Crippen LogP contribution in [0.4, 0.5) is 0 Å². The summed E-state index contributed by atoms with van der Waals surface area (Å²) in [5.74, 6) is 0.727. The second-order valence-electron chi connectivity index (χ2n) is 9.29. The molecule has 0 radical (unpaired) electrons. The van der Waals surface area contributed by atoms with Crippen molar-refractivity contribution in [3.63, 3.8) is 0 Å². The second-order valence-corrected chi connectivity index (χ2v) is 9.29. The van der Waals surface area contributed by atoms with Crippen LogP contribution >= 0.6 is 0 Å². The molecule has 2 aliphatic heterocycles. The average molecular weight is 368 g/mol. The minimum Gasteiger partial charge on any atom is -0.349 e. The van der Waals surface area contributed by atoms with Gasteiger partial charge in [0.05, 0.1) is 10.9 Å². The Balaban J connectivity index is 1.60. The van der Waals surface area contributed by atoms with E-state index in [4.69, 9.17) is 0 Å². The molecule has 2 aliphatic rings. The molecule has 1 saturated heterocycles. The maximum Gasteiger partial charge on any atom is 0.261 e. The van der Waals surface area contributed by atoms with E-state index in [1.807, 2.05) is 0 Å². The number of hydrogen-bond donors (Lipinski definition) is 2. The van der Waals surface area contributed by atoms with E-state index in [2.05, 4.69) is 43.3 Å². The molecule has 1 fully saturated rings. The van der Waals surface area contributed by atoms with E-state index < -0.39 is 0 Å². The minimum absolute atomic E-state index is 0.00122. The van der Waals surface area contributed by atoms with E-state index in [0.29, 0.717) is 16.5 Å². The Kier molecular flexibility index (Phi) is 4.14. The van der Waals surface area contributed by atoms with Gasteiger partial charge in [-0.1, -0.05) is 0 Å². The lowest BCUT2D eigenvalue weighted by molar-refractivity contribution is 0.0873. The molecule has 4 rings (SSSR count). The molecule has 0 atom stereocenters. The Bertz CT molecular complexity index is 958. The van der Waals surface area contributed by atoms with Gasteiger partial charge < -0.3 is 10.6 Å². The molecular formula is C21H28N4O2.